The Balaban J connectivity index is 1.75. The number of carboxylic acids is 1. The van der Waals surface area contributed by atoms with E-state index in [2.05, 4.69) is 12.2 Å². The fourth-order valence-corrected chi connectivity index (χ4v) is 2.62. The molecular formula is C13H21NO4. The van der Waals surface area contributed by atoms with E-state index in [1.165, 1.54) is 0 Å². The average Bonchev–Trinajstić information content (AvgIpc) is 3.11. The maximum atomic E-state index is 11.7. The molecule has 0 aromatic rings. The van der Waals surface area contributed by atoms with E-state index in [0.29, 0.717) is 25.2 Å². The molecule has 2 aliphatic carbocycles. The monoisotopic (exact) mass is 255 g/mol. The number of aliphatic carboxylic acids is 1. The van der Waals surface area contributed by atoms with E-state index in [-0.39, 0.29) is 12.5 Å². The van der Waals surface area contributed by atoms with Crippen molar-refractivity contribution in [1.29, 1.82) is 0 Å². The number of rotatable bonds is 4. The summed E-state index contributed by atoms with van der Waals surface area (Å²) in [6.45, 7) is 2.42. The van der Waals surface area contributed by atoms with E-state index in [9.17, 15) is 14.7 Å². The van der Waals surface area contributed by atoms with E-state index < -0.39 is 23.4 Å². The van der Waals surface area contributed by atoms with E-state index in [1.54, 1.807) is 0 Å². The van der Waals surface area contributed by atoms with Crippen molar-refractivity contribution in [3.05, 3.63) is 0 Å². The molecule has 2 saturated carbocycles. The molecule has 102 valence electrons. The second kappa shape index (κ2) is 4.88. The summed E-state index contributed by atoms with van der Waals surface area (Å²) in [6.07, 6.45) is 3.81. The van der Waals surface area contributed by atoms with E-state index in [0.717, 1.165) is 12.8 Å². The highest BCUT2D eigenvalue weighted by Gasteiger charge is 2.48. The number of carbonyl (C=O) groups excluding carboxylic acids is 1. The predicted octanol–water partition coefficient (Wildman–Crippen LogP) is 0.764. The lowest BCUT2D eigenvalue weighted by molar-refractivity contribution is -0.140. The summed E-state index contributed by atoms with van der Waals surface area (Å²) in [7, 11) is 0. The highest BCUT2D eigenvalue weighted by atomic mass is 16.4. The van der Waals surface area contributed by atoms with Crippen LogP contribution in [0.1, 0.15) is 39.0 Å². The molecule has 0 aromatic carbocycles. The van der Waals surface area contributed by atoms with Gasteiger partial charge >= 0.3 is 5.97 Å². The molecule has 5 nitrogen and oxygen atoms in total. The zero-order valence-corrected chi connectivity index (χ0v) is 10.7. The topological polar surface area (TPSA) is 86.6 Å². The lowest BCUT2D eigenvalue weighted by Gasteiger charge is -2.34. The van der Waals surface area contributed by atoms with Gasteiger partial charge in [-0.05, 0) is 38.0 Å². The quantitative estimate of drug-likeness (QED) is 0.692. The Kier molecular flexibility index (Phi) is 3.61. The lowest BCUT2D eigenvalue weighted by Crippen LogP contribution is -2.45. The van der Waals surface area contributed by atoms with E-state index in [4.69, 9.17) is 5.11 Å². The molecule has 0 spiro atoms. The van der Waals surface area contributed by atoms with Gasteiger partial charge in [-0.1, -0.05) is 6.92 Å². The highest BCUT2D eigenvalue weighted by Crippen LogP contribution is 2.39. The number of hydrogen-bond donors (Lipinski definition) is 3. The Morgan fingerprint density at radius 2 is 1.89 bits per heavy atom. The minimum absolute atomic E-state index is 0.227. The molecule has 3 N–H and O–H groups in total. The first-order chi connectivity index (χ1) is 8.41. The molecule has 5 heteroatoms. The fourth-order valence-electron chi connectivity index (χ4n) is 2.62. The van der Waals surface area contributed by atoms with Crippen LogP contribution in [0.5, 0.6) is 0 Å². The van der Waals surface area contributed by atoms with Gasteiger partial charge in [0.1, 0.15) is 0 Å². The first-order valence-electron chi connectivity index (χ1n) is 6.64. The van der Waals surface area contributed by atoms with Crippen LogP contribution in [0.4, 0.5) is 0 Å². The van der Waals surface area contributed by atoms with Gasteiger partial charge in [0, 0.05) is 6.54 Å². The summed E-state index contributed by atoms with van der Waals surface area (Å²) in [5.74, 6) is -1.41. The van der Waals surface area contributed by atoms with Crippen LogP contribution in [0, 0.1) is 17.8 Å². The maximum absolute atomic E-state index is 11.7. The zero-order chi connectivity index (χ0) is 13.3. The smallest absolute Gasteiger partial charge is 0.307 e. The molecule has 18 heavy (non-hydrogen) atoms. The van der Waals surface area contributed by atoms with Crippen molar-refractivity contribution in [1.82, 2.24) is 5.32 Å². The Morgan fingerprint density at radius 3 is 2.39 bits per heavy atom. The number of nitrogens with one attached hydrogen (secondary N) is 1. The van der Waals surface area contributed by atoms with Crippen LogP contribution >= 0.6 is 0 Å². The summed E-state index contributed by atoms with van der Waals surface area (Å²) < 4.78 is 0. The van der Waals surface area contributed by atoms with Gasteiger partial charge in [0.15, 0.2) is 0 Å². The van der Waals surface area contributed by atoms with Crippen molar-refractivity contribution in [2.24, 2.45) is 17.8 Å². The molecular weight excluding hydrogens is 234 g/mol. The van der Waals surface area contributed by atoms with Crippen molar-refractivity contribution in [3.8, 4) is 0 Å². The second-order valence-electron chi connectivity index (χ2n) is 5.91. The molecule has 0 radical (unpaired) electrons. The lowest BCUT2D eigenvalue weighted by atomic mass is 9.79. The number of carboxylic acid groups (broad SMARTS) is 1. The molecule has 1 amide bonds. The molecule has 0 aliphatic heterocycles. The van der Waals surface area contributed by atoms with Crippen LogP contribution < -0.4 is 5.32 Å². The molecule has 0 bridgehead atoms. The Labute approximate surface area is 107 Å². The largest absolute Gasteiger partial charge is 0.481 e. The molecule has 2 rings (SSSR count). The molecule has 2 unspecified atom stereocenters. The second-order valence-corrected chi connectivity index (χ2v) is 5.91. The van der Waals surface area contributed by atoms with Crippen LogP contribution in [0.2, 0.25) is 0 Å². The Bertz CT molecular complexity index is 347. The number of carbonyl (C=O) groups is 2. The van der Waals surface area contributed by atoms with Crippen molar-refractivity contribution < 1.29 is 19.8 Å². The summed E-state index contributed by atoms with van der Waals surface area (Å²) in [6, 6.07) is 0. The predicted molar refractivity (Wildman–Crippen MR) is 64.8 cm³/mol. The van der Waals surface area contributed by atoms with Crippen molar-refractivity contribution >= 4 is 11.9 Å². The minimum Gasteiger partial charge on any atom is -0.481 e. The zero-order valence-electron chi connectivity index (χ0n) is 10.7. The van der Waals surface area contributed by atoms with Crippen LogP contribution in [0.25, 0.3) is 0 Å². The number of amides is 1. The standard InChI is InChI=1S/C13H21NO4/c1-8-2-4-13(18,5-3-8)7-14-11(15)9-6-10(9)12(16)17/h8-10,18H,2-7H2,1H3,(H,14,15)(H,16,17). The first-order valence-corrected chi connectivity index (χ1v) is 6.64. The summed E-state index contributed by atoms with van der Waals surface area (Å²) in [5, 5.41) is 21.7. The van der Waals surface area contributed by atoms with E-state index >= 15 is 0 Å². The third-order valence-corrected chi connectivity index (χ3v) is 4.24. The van der Waals surface area contributed by atoms with E-state index in [1.807, 2.05) is 0 Å². The molecule has 0 aromatic heterocycles. The molecule has 2 atom stereocenters. The van der Waals surface area contributed by atoms with Gasteiger partial charge in [-0.3, -0.25) is 9.59 Å². The summed E-state index contributed by atoms with van der Waals surface area (Å²) in [4.78, 5) is 22.3. The minimum atomic E-state index is -0.902. The van der Waals surface area contributed by atoms with Crippen LogP contribution in [0.3, 0.4) is 0 Å². The van der Waals surface area contributed by atoms with Gasteiger partial charge < -0.3 is 15.5 Å². The molecule has 2 fully saturated rings. The van der Waals surface area contributed by atoms with Gasteiger partial charge in [0.05, 0.1) is 17.4 Å². The van der Waals surface area contributed by atoms with Gasteiger partial charge in [-0.25, -0.2) is 0 Å². The fraction of sp³-hybridized carbons (Fsp3) is 0.846. The molecule has 0 heterocycles. The van der Waals surface area contributed by atoms with Gasteiger partial charge in [-0.2, -0.15) is 0 Å². The van der Waals surface area contributed by atoms with Gasteiger partial charge in [-0.15, -0.1) is 0 Å². The summed E-state index contributed by atoms with van der Waals surface area (Å²) >= 11 is 0. The maximum Gasteiger partial charge on any atom is 0.307 e. The highest BCUT2D eigenvalue weighted by molar-refractivity contribution is 5.89. The van der Waals surface area contributed by atoms with Gasteiger partial charge in [0.2, 0.25) is 5.91 Å². The number of hydrogen-bond acceptors (Lipinski definition) is 3. The first kappa shape index (κ1) is 13.3. The van der Waals surface area contributed by atoms with Crippen LogP contribution in [-0.2, 0) is 9.59 Å². The summed E-state index contributed by atoms with van der Waals surface area (Å²) in [5.41, 5.74) is -0.796. The number of aliphatic hydroxyl groups is 1. The SMILES string of the molecule is CC1CCC(O)(CNC(=O)C2CC2C(=O)O)CC1. The van der Waals surface area contributed by atoms with Crippen molar-refractivity contribution in [2.45, 2.75) is 44.6 Å². The molecule has 0 saturated heterocycles. The molecule has 2 aliphatic rings. The third kappa shape index (κ3) is 3.02. The third-order valence-electron chi connectivity index (χ3n) is 4.24. The van der Waals surface area contributed by atoms with Crippen LogP contribution in [-0.4, -0.2) is 34.2 Å². The van der Waals surface area contributed by atoms with Gasteiger partial charge in [0.25, 0.3) is 0 Å². The van der Waals surface area contributed by atoms with Crippen molar-refractivity contribution in [3.63, 3.8) is 0 Å². The average molecular weight is 255 g/mol. The Hall–Kier alpha value is -1.10. The normalized spacial score (nSPS) is 39.1. The van der Waals surface area contributed by atoms with Crippen LogP contribution in [0.15, 0.2) is 0 Å². The van der Waals surface area contributed by atoms with Crippen molar-refractivity contribution in [2.75, 3.05) is 6.54 Å². The Morgan fingerprint density at radius 1 is 1.28 bits per heavy atom.